The van der Waals surface area contributed by atoms with Gasteiger partial charge in [0.25, 0.3) is 0 Å². The minimum atomic E-state index is -0.179. The van der Waals surface area contributed by atoms with Gasteiger partial charge in [0.1, 0.15) is 0 Å². The van der Waals surface area contributed by atoms with Crippen LogP contribution < -0.4 is 4.90 Å². The number of methoxy groups -OCH3 is 1. The van der Waals surface area contributed by atoms with Crippen molar-refractivity contribution in [2.24, 2.45) is 0 Å². The minimum Gasteiger partial charge on any atom is -0.469 e. The second-order valence-corrected chi connectivity index (χ2v) is 4.01. The number of hydrogen-bond donors (Lipinski definition) is 0. The SMILES string of the molecule is CCN(CCC(=O)OC)c1nc(C)cs1. The van der Waals surface area contributed by atoms with Crippen LogP contribution in [0, 0.1) is 6.92 Å². The number of carbonyl (C=O) groups is 1. The van der Waals surface area contributed by atoms with Crippen LogP contribution in [0.1, 0.15) is 19.0 Å². The Labute approximate surface area is 93.9 Å². The van der Waals surface area contributed by atoms with Crippen molar-refractivity contribution >= 4 is 22.4 Å². The van der Waals surface area contributed by atoms with Crippen LogP contribution >= 0.6 is 11.3 Å². The van der Waals surface area contributed by atoms with Gasteiger partial charge >= 0.3 is 5.97 Å². The van der Waals surface area contributed by atoms with Crippen molar-refractivity contribution < 1.29 is 9.53 Å². The summed E-state index contributed by atoms with van der Waals surface area (Å²) in [6.07, 6.45) is 0.406. The Morgan fingerprint density at radius 2 is 2.40 bits per heavy atom. The zero-order valence-corrected chi connectivity index (χ0v) is 10.1. The van der Waals surface area contributed by atoms with E-state index in [0.717, 1.165) is 17.4 Å². The third kappa shape index (κ3) is 3.51. The zero-order valence-electron chi connectivity index (χ0n) is 9.32. The van der Waals surface area contributed by atoms with Crippen LogP contribution in [0.15, 0.2) is 5.38 Å². The van der Waals surface area contributed by atoms with Crippen LogP contribution in [0.25, 0.3) is 0 Å². The van der Waals surface area contributed by atoms with Gasteiger partial charge in [0.05, 0.1) is 19.2 Å². The topological polar surface area (TPSA) is 42.4 Å². The summed E-state index contributed by atoms with van der Waals surface area (Å²) >= 11 is 1.60. The molecule has 1 rings (SSSR count). The van der Waals surface area contributed by atoms with E-state index in [1.165, 1.54) is 7.11 Å². The van der Waals surface area contributed by atoms with E-state index >= 15 is 0 Å². The highest BCUT2D eigenvalue weighted by atomic mass is 32.1. The molecule has 0 aliphatic heterocycles. The lowest BCUT2D eigenvalue weighted by atomic mass is 10.4. The second-order valence-electron chi connectivity index (χ2n) is 3.18. The number of carbonyl (C=O) groups excluding carboxylic acids is 1. The number of aryl methyl sites for hydroxylation is 1. The van der Waals surface area contributed by atoms with Crippen molar-refractivity contribution in [1.29, 1.82) is 0 Å². The van der Waals surface area contributed by atoms with Crippen LogP contribution in [-0.2, 0) is 9.53 Å². The Hall–Kier alpha value is -1.10. The monoisotopic (exact) mass is 228 g/mol. The lowest BCUT2D eigenvalue weighted by molar-refractivity contribution is -0.140. The summed E-state index contributed by atoms with van der Waals surface area (Å²) in [6, 6.07) is 0. The van der Waals surface area contributed by atoms with Gasteiger partial charge in [-0.25, -0.2) is 4.98 Å². The first-order valence-corrected chi connectivity index (χ1v) is 5.79. The highest BCUT2D eigenvalue weighted by Gasteiger charge is 2.10. The first kappa shape index (κ1) is 12.0. The molecule has 1 aromatic rings. The predicted octanol–water partition coefficient (Wildman–Crippen LogP) is 1.84. The van der Waals surface area contributed by atoms with Crippen LogP contribution in [0.5, 0.6) is 0 Å². The molecule has 0 bridgehead atoms. The number of hydrogen-bond acceptors (Lipinski definition) is 5. The molecule has 4 nitrogen and oxygen atoms in total. The Balaban J connectivity index is 2.53. The van der Waals surface area contributed by atoms with Gasteiger partial charge in [0, 0.05) is 18.5 Å². The zero-order chi connectivity index (χ0) is 11.3. The van der Waals surface area contributed by atoms with Crippen molar-refractivity contribution in [2.45, 2.75) is 20.3 Å². The number of anilines is 1. The van der Waals surface area contributed by atoms with Gasteiger partial charge in [-0.15, -0.1) is 11.3 Å². The lowest BCUT2D eigenvalue weighted by Crippen LogP contribution is -2.25. The Kier molecular flexibility index (Phi) is 4.55. The minimum absolute atomic E-state index is 0.179. The van der Waals surface area contributed by atoms with E-state index in [0.29, 0.717) is 13.0 Å². The molecule has 0 aliphatic carbocycles. The molecule has 0 fully saturated rings. The van der Waals surface area contributed by atoms with Crippen LogP contribution in [0.4, 0.5) is 5.13 Å². The molecule has 0 aliphatic rings. The van der Waals surface area contributed by atoms with Crippen LogP contribution in [0.3, 0.4) is 0 Å². The first-order valence-electron chi connectivity index (χ1n) is 4.91. The fraction of sp³-hybridized carbons (Fsp3) is 0.600. The second kappa shape index (κ2) is 5.70. The number of rotatable bonds is 5. The largest absolute Gasteiger partial charge is 0.469 e. The Bertz CT molecular complexity index is 325. The van der Waals surface area contributed by atoms with Gasteiger partial charge in [0.2, 0.25) is 0 Å². The highest BCUT2D eigenvalue weighted by Crippen LogP contribution is 2.19. The third-order valence-corrected chi connectivity index (χ3v) is 3.09. The molecular formula is C10H16N2O2S. The van der Waals surface area contributed by atoms with Gasteiger partial charge in [-0.05, 0) is 13.8 Å². The summed E-state index contributed by atoms with van der Waals surface area (Å²) in [6.45, 7) is 5.53. The van der Waals surface area contributed by atoms with Crippen LogP contribution in [0.2, 0.25) is 0 Å². The molecule has 1 aromatic heterocycles. The average Bonchev–Trinajstić information content (AvgIpc) is 2.65. The highest BCUT2D eigenvalue weighted by molar-refractivity contribution is 7.13. The standard InChI is InChI=1S/C10H16N2O2S/c1-4-12(6-5-9(13)14-3)10-11-8(2)7-15-10/h7H,4-6H2,1-3H3. The summed E-state index contributed by atoms with van der Waals surface area (Å²) in [5.41, 5.74) is 1.02. The Morgan fingerprint density at radius 3 is 2.87 bits per heavy atom. The van der Waals surface area contributed by atoms with Crippen molar-refractivity contribution in [1.82, 2.24) is 4.98 Å². The molecule has 0 spiro atoms. The fourth-order valence-electron chi connectivity index (χ4n) is 1.20. The van der Waals surface area contributed by atoms with Crippen molar-refractivity contribution in [3.63, 3.8) is 0 Å². The molecule has 0 saturated carbocycles. The number of thiazole rings is 1. The molecular weight excluding hydrogens is 212 g/mol. The molecule has 0 saturated heterocycles. The number of nitrogens with zero attached hydrogens (tertiary/aromatic N) is 2. The van der Waals surface area contributed by atoms with E-state index < -0.39 is 0 Å². The molecule has 15 heavy (non-hydrogen) atoms. The van der Waals surface area contributed by atoms with E-state index in [4.69, 9.17) is 0 Å². The van der Waals surface area contributed by atoms with E-state index in [-0.39, 0.29) is 5.97 Å². The fourth-order valence-corrected chi connectivity index (χ4v) is 2.10. The smallest absolute Gasteiger partial charge is 0.307 e. The molecule has 84 valence electrons. The van der Waals surface area contributed by atoms with Gasteiger partial charge in [-0.1, -0.05) is 0 Å². The Morgan fingerprint density at radius 1 is 1.67 bits per heavy atom. The molecule has 0 atom stereocenters. The maximum atomic E-state index is 11.0. The van der Waals surface area contributed by atoms with Gasteiger partial charge in [-0.3, -0.25) is 4.79 Å². The maximum absolute atomic E-state index is 11.0. The number of ether oxygens (including phenoxy) is 1. The summed E-state index contributed by atoms with van der Waals surface area (Å²) in [4.78, 5) is 17.5. The van der Waals surface area contributed by atoms with Crippen LogP contribution in [-0.4, -0.2) is 31.2 Å². The quantitative estimate of drug-likeness (QED) is 0.721. The van der Waals surface area contributed by atoms with E-state index in [2.05, 4.69) is 14.6 Å². The molecule has 0 N–H and O–H groups in total. The van der Waals surface area contributed by atoms with E-state index in [1.807, 2.05) is 19.2 Å². The van der Waals surface area contributed by atoms with Gasteiger partial charge < -0.3 is 9.64 Å². The molecule has 0 radical (unpaired) electrons. The molecule has 0 aromatic carbocycles. The normalized spacial score (nSPS) is 10.1. The van der Waals surface area contributed by atoms with E-state index in [1.54, 1.807) is 11.3 Å². The molecule has 5 heteroatoms. The van der Waals surface area contributed by atoms with Crippen molar-refractivity contribution in [3.05, 3.63) is 11.1 Å². The molecule has 1 heterocycles. The average molecular weight is 228 g/mol. The lowest BCUT2D eigenvalue weighted by Gasteiger charge is -2.18. The van der Waals surface area contributed by atoms with Gasteiger partial charge in [-0.2, -0.15) is 0 Å². The van der Waals surface area contributed by atoms with E-state index in [9.17, 15) is 4.79 Å². The number of aromatic nitrogens is 1. The number of esters is 1. The predicted molar refractivity (Wildman–Crippen MR) is 61.4 cm³/mol. The van der Waals surface area contributed by atoms with Crippen molar-refractivity contribution in [3.8, 4) is 0 Å². The summed E-state index contributed by atoms with van der Waals surface area (Å²) in [5.74, 6) is -0.179. The third-order valence-electron chi connectivity index (χ3n) is 2.07. The maximum Gasteiger partial charge on any atom is 0.307 e. The molecule has 0 amide bonds. The van der Waals surface area contributed by atoms with Gasteiger partial charge in [0.15, 0.2) is 5.13 Å². The molecule has 0 unspecified atom stereocenters. The summed E-state index contributed by atoms with van der Waals surface area (Å²) in [7, 11) is 1.41. The summed E-state index contributed by atoms with van der Waals surface area (Å²) in [5, 5.41) is 2.98. The summed E-state index contributed by atoms with van der Waals surface area (Å²) < 4.78 is 4.60. The first-order chi connectivity index (χ1) is 7.17. The van der Waals surface area contributed by atoms with Crippen molar-refractivity contribution in [2.75, 3.05) is 25.1 Å².